The normalized spacial score (nSPS) is 22.8. The van der Waals surface area contributed by atoms with Crippen LogP contribution < -0.4 is 10.3 Å². The maximum atomic E-state index is 13.1. The van der Waals surface area contributed by atoms with Gasteiger partial charge in [0.25, 0.3) is 11.5 Å². The van der Waals surface area contributed by atoms with Gasteiger partial charge in [-0.15, -0.1) is 0 Å². The van der Waals surface area contributed by atoms with E-state index < -0.39 is 0 Å². The Hall–Kier alpha value is -2.91. The lowest BCUT2D eigenvalue weighted by Gasteiger charge is -2.42. The van der Waals surface area contributed by atoms with Gasteiger partial charge in [0, 0.05) is 50.3 Å². The summed E-state index contributed by atoms with van der Waals surface area (Å²) in [6.45, 7) is 2.16. The lowest BCUT2D eigenvalue weighted by Crippen LogP contribution is -2.49. The molecule has 0 radical (unpaired) electrons. The molecule has 3 aliphatic heterocycles. The number of amides is 2. The lowest BCUT2D eigenvalue weighted by atomic mass is 9.83. The molecule has 2 fully saturated rings. The number of methoxy groups -OCH3 is 1. The quantitative estimate of drug-likeness (QED) is 0.469. The number of hydrogen-bond donors (Lipinski definition) is 0. The van der Waals surface area contributed by atoms with Crippen LogP contribution in [-0.2, 0) is 16.1 Å². The number of thioether (sulfide) groups is 1. The van der Waals surface area contributed by atoms with Crippen LogP contribution in [0.2, 0.25) is 0 Å². The SMILES string of the molecule is COc1cccc(/C=C2/SC(=S)N(CCC(=O)N3C[C@H]4C[C@H](C3)c3cccc(=O)n3C4)C2=O)c1. The number of rotatable bonds is 5. The molecule has 4 heterocycles. The van der Waals surface area contributed by atoms with Crippen molar-refractivity contribution >= 4 is 46.2 Å². The van der Waals surface area contributed by atoms with E-state index in [-0.39, 0.29) is 42.2 Å². The van der Waals surface area contributed by atoms with Crippen molar-refractivity contribution in [3.8, 4) is 5.75 Å². The molecule has 0 N–H and O–H groups in total. The van der Waals surface area contributed by atoms with Crippen LogP contribution in [0.5, 0.6) is 5.75 Å². The zero-order valence-electron chi connectivity index (χ0n) is 18.8. The fourth-order valence-electron chi connectivity index (χ4n) is 5.04. The predicted molar refractivity (Wildman–Crippen MR) is 136 cm³/mol. The molecule has 2 amide bonds. The summed E-state index contributed by atoms with van der Waals surface area (Å²) >= 11 is 6.69. The molecule has 9 heteroatoms. The van der Waals surface area contributed by atoms with Gasteiger partial charge in [-0.3, -0.25) is 19.3 Å². The second-order valence-corrected chi connectivity index (χ2v) is 10.5. The van der Waals surface area contributed by atoms with Crippen molar-refractivity contribution in [3.05, 3.63) is 69.0 Å². The third-order valence-corrected chi connectivity index (χ3v) is 8.02. The zero-order chi connectivity index (χ0) is 23.8. The van der Waals surface area contributed by atoms with Crippen LogP contribution in [0.1, 0.15) is 30.0 Å². The van der Waals surface area contributed by atoms with Gasteiger partial charge in [-0.1, -0.05) is 42.2 Å². The van der Waals surface area contributed by atoms with Gasteiger partial charge < -0.3 is 14.2 Å². The highest BCUT2D eigenvalue weighted by atomic mass is 32.2. The summed E-state index contributed by atoms with van der Waals surface area (Å²) in [5, 5.41) is 0. The van der Waals surface area contributed by atoms with E-state index >= 15 is 0 Å². The number of ether oxygens (including phenoxy) is 1. The Morgan fingerprint density at radius 1 is 1.18 bits per heavy atom. The molecule has 7 nitrogen and oxygen atoms in total. The number of thiocarbonyl (C=S) groups is 1. The van der Waals surface area contributed by atoms with Crippen LogP contribution in [0.15, 0.2) is 52.2 Å². The first-order chi connectivity index (χ1) is 16.4. The van der Waals surface area contributed by atoms with Gasteiger partial charge in [-0.25, -0.2) is 0 Å². The second kappa shape index (κ2) is 9.38. The minimum atomic E-state index is -0.172. The van der Waals surface area contributed by atoms with Crippen molar-refractivity contribution in [3.63, 3.8) is 0 Å². The van der Waals surface area contributed by atoms with Gasteiger partial charge in [-0.05, 0) is 42.2 Å². The van der Waals surface area contributed by atoms with Crippen molar-refractivity contribution in [2.24, 2.45) is 5.92 Å². The van der Waals surface area contributed by atoms with Gasteiger partial charge in [0.15, 0.2) is 0 Å². The summed E-state index contributed by atoms with van der Waals surface area (Å²) in [7, 11) is 1.60. The molecule has 0 aliphatic carbocycles. The molecule has 1 aromatic carbocycles. The number of likely N-dealkylation sites (tertiary alicyclic amines) is 1. The van der Waals surface area contributed by atoms with Gasteiger partial charge >= 0.3 is 0 Å². The number of carbonyl (C=O) groups is 2. The number of piperidine rings is 1. The average molecular weight is 496 g/mol. The lowest BCUT2D eigenvalue weighted by molar-refractivity contribution is -0.134. The van der Waals surface area contributed by atoms with E-state index in [0.29, 0.717) is 34.6 Å². The first-order valence-corrected chi connectivity index (χ1v) is 12.5. The van der Waals surface area contributed by atoms with Crippen LogP contribution in [0.4, 0.5) is 0 Å². The van der Waals surface area contributed by atoms with Gasteiger partial charge in [0.1, 0.15) is 10.1 Å². The van der Waals surface area contributed by atoms with E-state index in [2.05, 4.69) is 0 Å². The van der Waals surface area contributed by atoms with Crippen molar-refractivity contribution < 1.29 is 14.3 Å². The van der Waals surface area contributed by atoms with Crippen molar-refractivity contribution in [2.75, 3.05) is 26.7 Å². The largest absolute Gasteiger partial charge is 0.497 e. The highest BCUT2D eigenvalue weighted by molar-refractivity contribution is 8.26. The first kappa shape index (κ1) is 22.9. The van der Waals surface area contributed by atoms with Crippen molar-refractivity contribution in [1.29, 1.82) is 0 Å². The molecule has 3 aliphatic rings. The Labute approximate surface area is 207 Å². The summed E-state index contributed by atoms with van der Waals surface area (Å²) < 4.78 is 7.57. The average Bonchev–Trinajstić information content (AvgIpc) is 3.10. The fraction of sp³-hybridized carbons (Fsp3) is 0.360. The van der Waals surface area contributed by atoms with Crippen molar-refractivity contribution in [2.45, 2.75) is 25.3 Å². The number of carbonyl (C=O) groups excluding carboxylic acids is 2. The highest BCUT2D eigenvalue weighted by Crippen LogP contribution is 2.36. The maximum absolute atomic E-state index is 13.1. The third-order valence-electron chi connectivity index (χ3n) is 6.65. The van der Waals surface area contributed by atoms with Crippen LogP contribution in [0, 0.1) is 5.92 Å². The molecule has 2 aromatic rings. The van der Waals surface area contributed by atoms with E-state index in [1.807, 2.05) is 39.8 Å². The Balaban J connectivity index is 1.23. The standard InChI is InChI=1S/C25H25N3O4S2/c1-32-19-5-2-4-16(11-19)12-21-24(31)27(25(33)34-21)9-8-22(29)26-13-17-10-18(15-26)20-6-3-7-23(30)28(20)14-17/h2-7,11-12,17-18H,8-10,13-15H2,1H3/b21-12+/t17-,18-/m1/s1. The highest BCUT2D eigenvalue weighted by Gasteiger charge is 2.37. The van der Waals surface area contributed by atoms with Gasteiger partial charge in [0.05, 0.1) is 12.0 Å². The zero-order valence-corrected chi connectivity index (χ0v) is 20.4. The molecule has 176 valence electrons. The summed E-state index contributed by atoms with van der Waals surface area (Å²) in [5.74, 6) is 1.01. The molecule has 0 spiro atoms. The summed E-state index contributed by atoms with van der Waals surface area (Å²) in [6.07, 6.45) is 3.02. The molecule has 2 saturated heterocycles. The van der Waals surface area contributed by atoms with Gasteiger partial charge in [-0.2, -0.15) is 0 Å². The van der Waals surface area contributed by atoms with Crippen LogP contribution in [0.25, 0.3) is 6.08 Å². The Kier molecular flexibility index (Phi) is 6.31. The van der Waals surface area contributed by atoms with E-state index in [0.717, 1.165) is 17.7 Å². The topological polar surface area (TPSA) is 71.8 Å². The Morgan fingerprint density at radius 2 is 2.00 bits per heavy atom. The van der Waals surface area contributed by atoms with Gasteiger partial charge in [0.2, 0.25) is 5.91 Å². The molecule has 34 heavy (non-hydrogen) atoms. The predicted octanol–water partition coefficient (Wildman–Crippen LogP) is 3.09. The van der Waals surface area contributed by atoms with E-state index in [1.165, 1.54) is 16.7 Å². The molecule has 0 unspecified atom stereocenters. The minimum absolute atomic E-state index is 0.0206. The fourth-order valence-corrected chi connectivity index (χ4v) is 6.35. The molecule has 1 aromatic heterocycles. The van der Waals surface area contributed by atoms with Crippen LogP contribution in [-0.4, -0.2) is 57.2 Å². The number of fused-ring (bicyclic) bond motifs is 4. The Bertz CT molecular complexity index is 1250. The second-order valence-electron chi connectivity index (χ2n) is 8.86. The number of hydrogen-bond acceptors (Lipinski definition) is 6. The Morgan fingerprint density at radius 3 is 2.82 bits per heavy atom. The number of pyridine rings is 1. The van der Waals surface area contributed by atoms with Crippen LogP contribution >= 0.6 is 24.0 Å². The van der Waals surface area contributed by atoms with Crippen molar-refractivity contribution in [1.82, 2.24) is 14.4 Å². The smallest absolute Gasteiger partial charge is 0.266 e. The molecule has 0 saturated carbocycles. The minimum Gasteiger partial charge on any atom is -0.497 e. The third kappa shape index (κ3) is 4.42. The first-order valence-electron chi connectivity index (χ1n) is 11.3. The molecule has 2 atom stereocenters. The summed E-state index contributed by atoms with van der Waals surface area (Å²) in [6, 6.07) is 12.9. The van der Waals surface area contributed by atoms with E-state index in [4.69, 9.17) is 17.0 Å². The molecule has 2 bridgehead atoms. The summed E-state index contributed by atoms with van der Waals surface area (Å²) in [4.78, 5) is 42.2. The molecular formula is C25H25N3O4S2. The number of nitrogens with zero attached hydrogens (tertiary/aromatic N) is 3. The van der Waals surface area contributed by atoms with E-state index in [9.17, 15) is 14.4 Å². The number of benzene rings is 1. The van der Waals surface area contributed by atoms with E-state index in [1.54, 1.807) is 25.3 Å². The van der Waals surface area contributed by atoms with Crippen LogP contribution in [0.3, 0.4) is 0 Å². The maximum Gasteiger partial charge on any atom is 0.266 e. The molecular weight excluding hydrogens is 470 g/mol. The number of aromatic nitrogens is 1. The molecule has 5 rings (SSSR count). The monoisotopic (exact) mass is 495 g/mol. The summed E-state index contributed by atoms with van der Waals surface area (Å²) in [5.41, 5.74) is 1.90.